The van der Waals surface area contributed by atoms with E-state index in [0.717, 1.165) is 5.56 Å². The molecule has 0 fully saturated rings. The first kappa shape index (κ1) is 13.8. The number of hydrogen-bond acceptors (Lipinski definition) is 4. The van der Waals surface area contributed by atoms with Crippen molar-refractivity contribution in [3.8, 4) is 17.6 Å². The summed E-state index contributed by atoms with van der Waals surface area (Å²) in [4.78, 5) is 10.8. The molecule has 1 rings (SSSR count). The van der Waals surface area contributed by atoms with E-state index < -0.39 is 11.9 Å². The van der Waals surface area contributed by atoms with Gasteiger partial charge in [0, 0.05) is 0 Å². The molecule has 5 nitrogen and oxygen atoms in total. The van der Waals surface area contributed by atoms with Crippen molar-refractivity contribution in [1.82, 2.24) is 0 Å². The van der Waals surface area contributed by atoms with E-state index in [1.54, 1.807) is 19.1 Å². The van der Waals surface area contributed by atoms with E-state index in [4.69, 9.17) is 19.8 Å². The fourth-order valence-electron chi connectivity index (χ4n) is 1.66. The zero-order valence-corrected chi connectivity index (χ0v) is 10.6. The lowest BCUT2D eigenvalue weighted by atomic mass is 9.99. The van der Waals surface area contributed by atoms with Crippen LogP contribution in [0.5, 0.6) is 11.5 Å². The topological polar surface area (TPSA) is 79.5 Å². The molecular formula is C13H15NO4. The van der Waals surface area contributed by atoms with E-state index in [1.165, 1.54) is 14.2 Å². The molecule has 0 heterocycles. The molecule has 0 bridgehead atoms. The van der Waals surface area contributed by atoms with Gasteiger partial charge in [-0.25, -0.2) is 0 Å². The first-order valence-electron chi connectivity index (χ1n) is 5.41. The van der Waals surface area contributed by atoms with Crippen LogP contribution in [0.25, 0.3) is 0 Å². The Morgan fingerprint density at radius 3 is 2.56 bits per heavy atom. The van der Waals surface area contributed by atoms with Gasteiger partial charge in [0.25, 0.3) is 0 Å². The van der Waals surface area contributed by atoms with E-state index in [1.807, 2.05) is 6.07 Å². The highest BCUT2D eigenvalue weighted by atomic mass is 16.5. The number of carboxylic acid groups (broad SMARTS) is 1. The van der Waals surface area contributed by atoms with E-state index >= 15 is 0 Å². The highest BCUT2D eigenvalue weighted by Crippen LogP contribution is 2.32. The number of rotatable bonds is 5. The van der Waals surface area contributed by atoms with Crippen LogP contribution in [0.1, 0.15) is 18.1 Å². The zero-order chi connectivity index (χ0) is 13.7. The van der Waals surface area contributed by atoms with Gasteiger partial charge in [-0.05, 0) is 24.1 Å². The molecule has 0 aliphatic rings. The van der Waals surface area contributed by atoms with Crippen molar-refractivity contribution in [2.75, 3.05) is 14.2 Å². The van der Waals surface area contributed by atoms with Crippen LogP contribution >= 0.6 is 0 Å². The maximum absolute atomic E-state index is 10.8. The van der Waals surface area contributed by atoms with Gasteiger partial charge in [-0.1, -0.05) is 6.92 Å². The average molecular weight is 249 g/mol. The second-order valence-electron chi connectivity index (χ2n) is 3.93. The molecule has 0 aromatic heterocycles. The molecular weight excluding hydrogens is 234 g/mol. The summed E-state index contributed by atoms with van der Waals surface area (Å²) in [6.45, 7) is 1.62. The molecule has 5 heteroatoms. The number of methoxy groups -OCH3 is 2. The van der Waals surface area contributed by atoms with Crippen molar-refractivity contribution >= 4 is 5.97 Å². The minimum absolute atomic E-state index is 0.337. The van der Waals surface area contributed by atoms with Gasteiger partial charge in [0.15, 0.2) is 11.5 Å². The minimum atomic E-state index is -0.872. The van der Waals surface area contributed by atoms with Gasteiger partial charge in [-0.15, -0.1) is 0 Å². The Balaban J connectivity index is 3.16. The molecule has 1 atom stereocenters. The summed E-state index contributed by atoms with van der Waals surface area (Å²) in [5.74, 6) is -0.589. The molecule has 0 radical (unpaired) electrons. The van der Waals surface area contributed by atoms with Gasteiger partial charge in [-0.3, -0.25) is 4.79 Å². The predicted octanol–water partition coefficient (Wildman–Crippen LogP) is 1.84. The average Bonchev–Trinajstić information content (AvgIpc) is 2.37. The molecule has 0 saturated carbocycles. The number of carbonyl (C=O) groups is 1. The van der Waals surface area contributed by atoms with E-state index in [2.05, 4.69) is 0 Å². The predicted molar refractivity (Wildman–Crippen MR) is 64.8 cm³/mol. The molecule has 18 heavy (non-hydrogen) atoms. The molecule has 0 saturated heterocycles. The molecule has 1 aromatic carbocycles. The summed E-state index contributed by atoms with van der Waals surface area (Å²) in [6, 6.07) is 5.33. The quantitative estimate of drug-likeness (QED) is 0.861. The Labute approximate surface area is 106 Å². The third-order valence-electron chi connectivity index (χ3n) is 2.62. The number of aliphatic carboxylic acids is 1. The van der Waals surface area contributed by atoms with Crippen molar-refractivity contribution in [1.29, 1.82) is 5.26 Å². The van der Waals surface area contributed by atoms with E-state index in [0.29, 0.717) is 23.5 Å². The highest BCUT2D eigenvalue weighted by molar-refractivity contribution is 5.70. The van der Waals surface area contributed by atoms with Crippen LogP contribution in [0, 0.1) is 17.2 Å². The van der Waals surface area contributed by atoms with Crippen LogP contribution in [-0.2, 0) is 11.2 Å². The molecule has 0 amide bonds. The third kappa shape index (κ3) is 2.92. The molecule has 0 aliphatic heterocycles. The summed E-state index contributed by atoms with van der Waals surface area (Å²) in [6.07, 6.45) is 0.338. The summed E-state index contributed by atoms with van der Waals surface area (Å²) < 4.78 is 10.2. The Hall–Kier alpha value is -2.22. The minimum Gasteiger partial charge on any atom is -0.493 e. The summed E-state index contributed by atoms with van der Waals surface area (Å²) in [7, 11) is 2.93. The number of ether oxygens (including phenoxy) is 2. The summed E-state index contributed by atoms with van der Waals surface area (Å²) >= 11 is 0. The van der Waals surface area contributed by atoms with Crippen LogP contribution in [-0.4, -0.2) is 25.3 Å². The van der Waals surface area contributed by atoms with Crippen LogP contribution < -0.4 is 9.47 Å². The molecule has 1 unspecified atom stereocenters. The number of hydrogen-bond donors (Lipinski definition) is 1. The van der Waals surface area contributed by atoms with Gasteiger partial charge >= 0.3 is 5.97 Å². The Bertz CT molecular complexity index is 490. The van der Waals surface area contributed by atoms with Crippen molar-refractivity contribution < 1.29 is 19.4 Å². The van der Waals surface area contributed by atoms with Crippen molar-refractivity contribution in [2.24, 2.45) is 5.92 Å². The monoisotopic (exact) mass is 249 g/mol. The van der Waals surface area contributed by atoms with Crippen molar-refractivity contribution in [3.63, 3.8) is 0 Å². The largest absolute Gasteiger partial charge is 0.493 e. The van der Waals surface area contributed by atoms with Crippen molar-refractivity contribution in [3.05, 3.63) is 23.3 Å². The molecule has 0 spiro atoms. The summed E-state index contributed by atoms with van der Waals surface area (Å²) in [5, 5.41) is 17.9. The fourth-order valence-corrected chi connectivity index (χ4v) is 1.66. The molecule has 1 aromatic rings. The SMILES string of the molecule is COc1cc(CC(C)C(=O)O)cc(C#N)c1OC. The van der Waals surface area contributed by atoms with E-state index in [9.17, 15) is 4.79 Å². The Kier molecular flexibility index (Phi) is 4.55. The van der Waals surface area contributed by atoms with Gasteiger partial charge in [0.2, 0.25) is 0 Å². The standard InChI is InChI=1S/C13H15NO4/c1-8(13(15)16)4-9-5-10(7-14)12(18-3)11(6-9)17-2/h5-6,8H,4H2,1-3H3,(H,15,16). The zero-order valence-electron chi connectivity index (χ0n) is 10.6. The van der Waals surface area contributed by atoms with Gasteiger partial charge in [-0.2, -0.15) is 5.26 Å². The van der Waals surface area contributed by atoms with Crippen LogP contribution in [0.15, 0.2) is 12.1 Å². The molecule has 96 valence electrons. The first-order valence-corrected chi connectivity index (χ1v) is 5.41. The first-order chi connectivity index (χ1) is 8.53. The van der Waals surface area contributed by atoms with Gasteiger partial charge in [0.05, 0.1) is 25.7 Å². The summed E-state index contributed by atoms with van der Waals surface area (Å²) in [5.41, 5.74) is 1.07. The smallest absolute Gasteiger partial charge is 0.306 e. The molecule has 0 aliphatic carbocycles. The lowest BCUT2D eigenvalue weighted by Crippen LogP contribution is -2.12. The Morgan fingerprint density at radius 2 is 2.11 bits per heavy atom. The molecule has 1 N–H and O–H groups in total. The lowest BCUT2D eigenvalue weighted by Gasteiger charge is -2.12. The Morgan fingerprint density at radius 1 is 1.44 bits per heavy atom. The van der Waals surface area contributed by atoms with Gasteiger partial charge < -0.3 is 14.6 Å². The second-order valence-corrected chi connectivity index (χ2v) is 3.93. The van der Waals surface area contributed by atoms with Gasteiger partial charge in [0.1, 0.15) is 6.07 Å². The number of nitrogens with zero attached hydrogens (tertiary/aromatic N) is 1. The third-order valence-corrected chi connectivity index (χ3v) is 2.62. The van der Waals surface area contributed by atoms with Crippen LogP contribution in [0.2, 0.25) is 0 Å². The fraction of sp³-hybridized carbons (Fsp3) is 0.385. The maximum atomic E-state index is 10.8. The highest BCUT2D eigenvalue weighted by Gasteiger charge is 2.16. The lowest BCUT2D eigenvalue weighted by molar-refractivity contribution is -0.141. The normalized spacial score (nSPS) is 11.4. The van der Waals surface area contributed by atoms with Crippen molar-refractivity contribution in [2.45, 2.75) is 13.3 Å². The number of benzene rings is 1. The number of carboxylic acids is 1. The number of nitriles is 1. The second kappa shape index (κ2) is 5.92. The van der Waals surface area contributed by atoms with Crippen LogP contribution in [0.4, 0.5) is 0 Å². The van der Waals surface area contributed by atoms with Crippen LogP contribution in [0.3, 0.4) is 0 Å². The van der Waals surface area contributed by atoms with E-state index in [-0.39, 0.29) is 0 Å². The maximum Gasteiger partial charge on any atom is 0.306 e.